The Morgan fingerprint density at radius 1 is 1.07 bits per heavy atom. The number of amides is 2. The van der Waals surface area contributed by atoms with Crippen molar-refractivity contribution in [2.75, 3.05) is 0 Å². The van der Waals surface area contributed by atoms with Crippen LogP contribution in [0.4, 0.5) is 13.2 Å². The highest BCUT2D eigenvalue weighted by molar-refractivity contribution is 5.99. The van der Waals surface area contributed by atoms with E-state index in [-0.39, 0.29) is 17.5 Å². The van der Waals surface area contributed by atoms with E-state index >= 15 is 0 Å². The molecule has 0 fully saturated rings. The highest BCUT2D eigenvalue weighted by atomic mass is 19.4. The van der Waals surface area contributed by atoms with Crippen LogP contribution in [0.3, 0.4) is 0 Å². The average molecular weight is 387 g/mol. The molecule has 2 amide bonds. The largest absolute Gasteiger partial charge is 0.416 e. The van der Waals surface area contributed by atoms with E-state index in [0.29, 0.717) is 10.9 Å². The number of alkyl halides is 3. The fourth-order valence-electron chi connectivity index (χ4n) is 2.85. The van der Waals surface area contributed by atoms with E-state index in [0.717, 1.165) is 6.07 Å². The molecule has 0 bridgehead atoms. The van der Waals surface area contributed by atoms with Crippen LogP contribution < -0.4 is 11.1 Å². The number of primary amides is 1. The summed E-state index contributed by atoms with van der Waals surface area (Å²) in [7, 11) is 0. The van der Waals surface area contributed by atoms with Crippen LogP contribution in [0.15, 0.2) is 60.8 Å². The van der Waals surface area contributed by atoms with Crippen molar-refractivity contribution >= 4 is 22.7 Å². The van der Waals surface area contributed by atoms with Crippen molar-refractivity contribution in [3.05, 3.63) is 77.5 Å². The SMILES string of the molecule is NC(=O)[C@@H](Cc1ccccc1C(F)(F)F)NC(=O)c1cnc2ccccc2c1. The summed E-state index contributed by atoms with van der Waals surface area (Å²) >= 11 is 0. The van der Waals surface area contributed by atoms with Gasteiger partial charge in [-0.25, -0.2) is 0 Å². The van der Waals surface area contributed by atoms with Gasteiger partial charge < -0.3 is 11.1 Å². The number of hydrogen-bond acceptors (Lipinski definition) is 3. The summed E-state index contributed by atoms with van der Waals surface area (Å²) in [5.74, 6) is -1.58. The van der Waals surface area contributed by atoms with Gasteiger partial charge in [-0.2, -0.15) is 13.2 Å². The van der Waals surface area contributed by atoms with E-state index in [2.05, 4.69) is 10.3 Å². The Morgan fingerprint density at radius 2 is 1.75 bits per heavy atom. The van der Waals surface area contributed by atoms with Crippen molar-refractivity contribution in [2.24, 2.45) is 5.73 Å². The second-order valence-corrected chi connectivity index (χ2v) is 6.20. The number of aromatic nitrogens is 1. The molecule has 3 aromatic rings. The standard InChI is InChI=1S/C20H16F3N3O2/c21-20(22,23)15-7-3-1-5-12(15)10-17(18(24)27)26-19(28)14-9-13-6-2-4-8-16(13)25-11-14/h1-9,11,17H,10H2,(H2,24,27)(H,26,28)/t17-/m1/s1. The maximum absolute atomic E-state index is 13.2. The van der Waals surface area contributed by atoms with Gasteiger partial charge in [0, 0.05) is 18.0 Å². The molecular formula is C20H16F3N3O2. The molecule has 1 aromatic heterocycles. The van der Waals surface area contributed by atoms with Gasteiger partial charge in [-0.1, -0.05) is 36.4 Å². The van der Waals surface area contributed by atoms with Crippen molar-refractivity contribution < 1.29 is 22.8 Å². The average Bonchev–Trinajstić information content (AvgIpc) is 2.66. The van der Waals surface area contributed by atoms with Gasteiger partial charge in [-0.3, -0.25) is 14.6 Å². The van der Waals surface area contributed by atoms with E-state index in [1.165, 1.54) is 24.4 Å². The molecule has 5 nitrogen and oxygen atoms in total. The molecule has 144 valence electrons. The first kappa shape index (κ1) is 19.3. The van der Waals surface area contributed by atoms with Crippen LogP contribution in [-0.4, -0.2) is 22.8 Å². The molecule has 3 rings (SSSR count). The van der Waals surface area contributed by atoms with Crippen LogP contribution in [0.5, 0.6) is 0 Å². The number of halogens is 3. The zero-order valence-corrected chi connectivity index (χ0v) is 14.5. The summed E-state index contributed by atoms with van der Waals surface area (Å²) in [5.41, 5.74) is 5.17. The summed E-state index contributed by atoms with van der Waals surface area (Å²) in [5, 5.41) is 3.12. The highest BCUT2D eigenvalue weighted by Gasteiger charge is 2.34. The Morgan fingerprint density at radius 3 is 2.46 bits per heavy atom. The monoisotopic (exact) mass is 387 g/mol. The number of rotatable bonds is 5. The zero-order chi connectivity index (χ0) is 20.3. The number of para-hydroxylation sites is 1. The third-order valence-electron chi connectivity index (χ3n) is 4.25. The molecule has 0 aliphatic carbocycles. The molecule has 0 aliphatic rings. The zero-order valence-electron chi connectivity index (χ0n) is 14.5. The first-order chi connectivity index (χ1) is 13.3. The normalized spacial score (nSPS) is 12.5. The third-order valence-corrected chi connectivity index (χ3v) is 4.25. The molecule has 8 heteroatoms. The minimum atomic E-state index is -4.58. The fraction of sp³-hybridized carbons (Fsp3) is 0.150. The molecule has 1 atom stereocenters. The molecule has 3 N–H and O–H groups in total. The van der Waals surface area contributed by atoms with Crippen molar-refractivity contribution in [2.45, 2.75) is 18.6 Å². The smallest absolute Gasteiger partial charge is 0.368 e. The summed E-state index contributed by atoms with van der Waals surface area (Å²) < 4.78 is 39.5. The second kappa shape index (κ2) is 7.67. The number of benzene rings is 2. The number of nitrogens with one attached hydrogen (secondary N) is 1. The second-order valence-electron chi connectivity index (χ2n) is 6.20. The lowest BCUT2D eigenvalue weighted by atomic mass is 9.99. The van der Waals surface area contributed by atoms with Gasteiger partial charge in [-0.15, -0.1) is 0 Å². The number of nitrogens with two attached hydrogens (primary N) is 1. The number of carbonyl (C=O) groups is 2. The van der Waals surface area contributed by atoms with Crippen LogP contribution in [0.25, 0.3) is 10.9 Å². The van der Waals surface area contributed by atoms with Crippen molar-refractivity contribution in [3.63, 3.8) is 0 Å². The van der Waals surface area contributed by atoms with E-state index in [1.807, 2.05) is 0 Å². The molecule has 0 aliphatic heterocycles. The van der Waals surface area contributed by atoms with Gasteiger partial charge in [0.05, 0.1) is 16.6 Å². The van der Waals surface area contributed by atoms with Gasteiger partial charge in [0.25, 0.3) is 5.91 Å². The van der Waals surface area contributed by atoms with Crippen LogP contribution in [0, 0.1) is 0 Å². The lowest BCUT2D eigenvalue weighted by molar-refractivity contribution is -0.138. The first-order valence-corrected chi connectivity index (χ1v) is 8.36. The topological polar surface area (TPSA) is 85.1 Å². The molecular weight excluding hydrogens is 371 g/mol. The molecule has 0 unspecified atom stereocenters. The number of hydrogen-bond donors (Lipinski definition) is 2. The minimum Gasteiger partial charge on any atom is -0.368 e. The summed E-state index contributed by atoms with van der Waals surface area (Å²) in [6, 6.07) is 12.3. The van der Waals surface area contributed by atoms with Gasteiger partial charge in [0.15, 0.2) is 0 Å². The lowest BCUT2D eigenvalue weighted by Crippen LogP contribution is -2.46. The van der Waals surface area contributed by atoms with Crippen LogP contribution in [0.1, 0.15) is 21.5 Å². The Hall–Kier alpha value is -3.42. The lowest BCUT2D eigenvalue weighted by Gasteiger charge is -2.18. The predicted octanol–water partition coefficient (Wildman–Crippen LogP) is 3.08. The molecule has 2 aromatic carbocycles. The summed E-state index contributed by atoms with van der Waals surface area (Å²) in [6.07, 6.45) is -3.62. The number of nitrogens with zero attached hydrogens (tertiary/aromatic N) is 1. The van der Waals surface area contributed by atoms with E-state index in [1.54, 1.807) is 30.3 Å². The van der Waals surface area contributed by atoms with Crippen molar-refractivity contribution in [3.8, 4) is 0 Å². The van der Waals surface area contributed by atoms with E-state index < -0.39 is 29.6 Å². The molecule has 1 heterocycles. The fourth-order valence-corrected chi connectivity index (χ4v) is 2.85. The highest BCUT2D eigenvalue weighted by Crippen LogP contribution is 2.32. The minimum absolute atomic E-state index is 0.129. The number of fused-ring (bicyclic) bond motifs is 1. The van der Waals surface area contributed by atoms with Crippen molar-refractivity contribution in [1.82, 2.24) is 10.3 Å². The quantitative estimate of drug-likeness (QED) is 0.706. The molecule has 0 saturated heterocycles. The maximum atomic E-state index is 13.2. The molecule has 0 radical (unpaired) electrons. The van der Waals surface area contributed by atoms with Gasteiger partial charge in [-0.05, 0) is 23.8 Å². The molecule has 0 saturated carbocycles. The van der Waals surface area contributed by atoms with Gasteiger partial charge >= 0.3 is 6.18 Å². The summed E-state index contributed by atoms with van der Waals surface area (Å²) in [6.45, 7) is 0. The molecule has 0 spiro atoms. The Bertz CT molecular complexity index is 1030. The molecule has 28 heavy (non-hydrogen) atoms. The maximum Gasteiger partial charge on any atom is 0.416 e. The van der Waals surface area contributed by atoms with Crippen LogP contribution in [-0.2, 0) is 17.4 Å². The Labute approximate surface area is 158 Å². The Kier molecular flexibility index (Phi) is 5.30. The van der Waals surface area contributed by atoms with Gasteiger partial charge in [0.2, 0.25) is 5.91 Å². The first-order valence-electron chi connectivity index (χ1n) is 8.36. The summed E-state index contributed by atoms with van der Waals surface area (Å²) in [4.78, 5) is 28.4. The number of pyridine rings is 1. The van der Waals surface area contributed by atoms with Crippen LogP contribution >= 0.6 is 0 Å². The third kappa shape index (κ3) is 4.28. The predicted molar refractivity (Wildman–Crippen MR) is 97.3 cm³/mol. The Balaban J connectivity index is 1.83. The van der Waals surface area contributed by atoms with E-state index in [9.17, 15) is 22.8 Å². The van der Waals surface area contributed by atoms with E-state index in [4.69, 9.17) is 5.73 Å². The number of carbonyl (C=O) groups excluding carboxylic acids is 2. The van der Waals surface area contributed by atoms with Crippen LogP contribution in [0.2, 0.25) is 0 Å². The van der Waals surface area contributed by atoms with Gasteiger partial charge in [0.1, 0.15) is 6.04 Å². The van der Waals surface area contributed by atoms with Crippen molar-refractivity contribution in [1.29, 1.82) is 0 Å².